The van der Waals surface area contributed by atoms with E-state index >= 15 is 0 Å². The van der Waals surface area contributed by atoms with Gasteiger partial charge in [-0.05, 0) is 11.6 Å². The van der Waals surface area contributed by atoms with Crippen molar-refractivity contribution in [2.45, 2.75) is 13.2 Å². The van der Waals surface area contributed by atoms with E-state index in [0.29, 0.717) is 19.2 Å². The average Bonchev–Trinajstić information content (AvgIpc) is 2.38. The summed E-state index contributed by atoms with van der Waals surface area (Å²) in [4.78, 5) is 8.16. The third kappa shape index (κ3) is 2.77. The van der Waals surface area contributed by atoms with Gasteiger partial charge in [0.1, 0.15) is 6.61 Å². The van der Waals surface area contributed by atoms with Gasteiger partial charge in [0, 0.05) is 12.7 Å². The Morgan fingerprint density at radius 1 is 1.12 bits per heavy atom. The molecule has 2 aromatic rings. The first-order chi connectivity index (χ1) is 7.88. The number of aromatic nitrogens is 2. The van der Waals surface area contributed by atoms with Crippen molar-refractivity contribution in [3.63, 3.8) is 0 Å². The third-order valence-electron chi connectivity index (χ3n) is 2.11. The minimum Gasteiger partial charge on any atom is -0.459 e. The molecule has 0 saturated heterocycles. The maximum Gasteiger partial charge on any atom is 0.316 e. The van der Waals surface area contributed by atoms with Crippen LogP contribution in [-0.4, -0.2) is 9.97 Å². The maximum atomic E-state index is 5.48. The van der Waals surface area contributed by atoms with Crippen LogP contribution < -0.4 is 10.5 Å². The molecule has 4 heteroatoms. The van der Waals surface area contributed by atoms with Crippen LogP contribution in [-0.2, 0) is 13.2 Å². The number of hydrogen-bond acceptors (Lipinski definition) is 4. The molecule has 4 nitrogen and oxygen atoms in total. The highest BCUT2D eigenvalue weighted by Gasteiger charge is 1.99. The molecular weight excluding hydrogens is 202 g/mol. The molecule has 0 aliphatic rings. The van der Waals surface area contributed by atoms with Gasteiger partial charge in [-0.25, -0.2) is 4.98 Å². The standard InChI is InChI=1S/C12H13N3O/c13-8-11-6-7-14-12(15-11)16-9-10-4-2-1-3-5-10/h1-7H,8-9,13H2. The SMILES string of the molecule is NCc1ccnc(OCc2ccccc2)n1. The van der Waals surface area contributed by atoms with E-state index in [4.69, 9.17) is 10.5 Å². The Hall–Kier alpha value is -1.94. The van der Waals surface area contributed by atoms with E-state index in [1.807, 2.05) is 30.3 Å². The monoisotopic (exact) mass is 215 g/mol. The van der Waals surface area contributed by atoms with Crippen molar-refractivity contribution in [2.75, 3.05) is 0 Å². The van der Waals surface area contributed by atoms with Gasteiger partial charge in [0.2, 0.25) is 0 Å². The molecule has 0 fully saturated rings. The van der Waals surface area contributed by atoms with Gasteiger partial charge >= 0.3 is 6.01 Å². The lowest BCUT2D eigenvalue weighted by molar-refractivity contribution is 0.279. The van der Waals surface area contributed by atoms with E-state index in [0.717, 1.165) is 11.3 Å². The molecule has 1 aromatic heterocycles. The Balaban J connectivity index is 1.99. The molecule has 1 aromatic carbocycles. The second-order valence-electron chi connectivity index (χ2n) is 3.31. The van der Waals surface area contributed by atoms with Crippen LogP contribution in [0, 0.1) is 0 Å². The van der Waals surface area contributed by atoms with Gasteiger partial charge in [0.25, 0.3) is 0 Å². The Morgan fingerprint density at radius 2 is 1.94 bits per heavy atom. The van der Waals surface area contributed by atoms with E-state index in [1.165, 1.54) is 0 Å². The zero-order chi connectivity index (χ0) is 11.2. The van der Waals surface area contributed by atoms with Crippen LogP contribution in [0.25, 0.3) is 0 Å². The summed E-state index contributed by atoms with van der Waals surface area (Å²) in [5, 5.41) is 0. The molecule has 0 spiro atoms. The molecule has 0 aliphatic heterocycles. The van der Waals surface area contributed by atoms with Crippen LogP contribution in [0.3, 0.4) is 0 Å². The van der Waals surface area contributed by atoms with E-state index in [-0.39, 0.29) is 0 Å². The number of hydrogen-bond donors (Lipinski definition) is 1. The predicted molar refractivity (Wildman–Crippen MR) is 60.7 cm³/mol. The lowest BCUT2D eigenvalue weighted by Crippen LogP contribution is -2.04. The summed E-state index contributed by atoms with van der Waals surface area (Å²) in [6.45, 7) is 0.860. The van der Waals surface area contributed by atoms with E-state index in [9.17, 15) is 0 Å². The summed E-state index contributed by atoms with van der Waals surface area (Å²) >= 11 is 0. The summed E-state index contributed by atoms with van der Waals surface area (Å²) in [6, 6.07) is 12.0. The van der Waals surface area contributed by atoms with Crippen LogP contribution >= 0.6 is 0 Å². The van der Waals surface area contributed by atoms with Gasteiger partial charge in [0.15, 0.2) is 0 Å². The molecule has 1 heterocycles. The van der Waals surface area contributed by atoms with E-state index in [1.54, 1.807) is 12.3 Å². The van der Waals surface area contributed by atoms with Crippen molar-refractivity contribution in [1.29, 1.82) is 0 Å². The Labute approximate surface area is 94.1 Å². The van der Waals surface area contributed by atoms with Crippen LogP contribution in [0.4, 0.5) is 0 Å². The van der Waals surface area contributed by atoms with Crippen LogP contribution in [0.2, 0.25) is 0 Å². The summed E-state index contributed by atoms with van der Waals surface area (Å²) in [5.74, 6) is 0. The fourth-order valence-electron chi connectivity index (χ4n) is 1.28. The van der Waals surface area contributed by atoms with Gasteiger partial charge in [-0.2, -0.15) is 4.98 Å². The zero-order valence-corrected chi connectivity index (χ0v) is 8.84. The molecule has 0 unspecified atom stereocenters. The largest absolute Gasteiger partial charge is 0.459 e. The van der Waals surface area contributed by atoms with Gasteiger partial charge in [-0.15, -0.1) is 0 Å². The van der Waals surface area contributed by atoms with Crippen molar-refractivity contribution < 1.29 is 4.74 Å². The molecule has 2 N–H and O–H groups in total. The molecule has 2 rings (SSSR count). The molecule has 0 saturated carbocycles. The van der Waals surface area contributed by atoms with Crippen molar-refractivity contribution in [1.82, 2.24) is 9.97 Å². The highest BCUT2D eigenvalue weighted by molar-refractivity contribution is 5.14. The minimum absolute atomic E-state index is 0.367. The van der Waals surface area contributed by atoms with Gasteiger partial charge in [-0.3, -0.25) is 0 Å². The summed E-state index contributed by atoms with van der Waals surface area (Å²) in [6.07, 6.45) is 1.65. The number of rotatable bonds is 4. The molecule has 0 atom stereocenters. The second kappa shape index (κ2) is 5.23. The quantitative estimate of drug-likeness (QED) is 0.839. The Kier molecular flexibility index (Phi) is 3.46. The minimum atomic E-state index is 0.367. The van der Waals surface area contributed by atoms with Crippen molar-refractivity contribution in [3.05, 3.63) is 53.9 Å². The van der Waals surface area contributed by atoms with Gasteiger partial charge < -0.3 is 10.5 Å². The van der Waals surface area contributed by atoms with Crippen LogP contribution in [0.15, 0.2) is 42.6 Å². The molecule has 0 aliphatic carbocycles. The normalized spacial score (nSPS) is 10.1. The zero-order valence-electron chi connectivity index (χ0n) is 8.84. The number of nitrogens with zero attached hydrogens (tertiary/aromatic N) is 2. The highest BCUT2D eigenvalue weighted by Crippen LogP contribution is 2.06. The smallest absolute Gasteiger partial charge is 0.316 e. The molecule has 0 amide bonds. The first-order valence-corrected chi connectivity index (χ1v) is 5.07. The fourth-order valence-corrected chi connectivity index (χ4v) is 1.28. The van der Waals surface area contributed by atoms with E-state index in [2.05, 4.69) is 9.97 Å². The first kappa shape index (κ1) is 10.6. The predicted octanol–water partition coefficient (Wildman–Crippen LogP) is 1.51. The van der Waals surface area contributed by atoms with Crippen molar-refractivity contribution in [3.8, 4) is 6.01 Å². The number of nitrogens with two attached hydrogens (primary N) is 1. The second-order valence-corrected chi connectivity index (χ2v) is 3.31. The molecule has 16 heavy (non-hydrogen) atoms. The third-order valence-corrected chi connectivity index (χ3v) is 2.11. The Morgan fingerprint density at radius 3 is 2.69 bits per heavy atom. The molecule has 0 bridgehead atoms. The van der Waals surface area contributed by atoms with Crippen molar-refractivity contribution in [2.24, 2.45) is 5.73 Å². The Bertz CT molecular complexity index is 445. The first-order valence-electron chi connectivity index (χ1n) is 5.07. The van der Waals surface area contributed by atoms with Crippen LogP contribution in [0.1, 0.15) is 11.3 Å². The molecule has 0 radical (unpaired) electrons. The topological polar surface area (TPSA) is 61.0 Å². The maximum absolute atomic E-state index is 5.48. The summed E-state index contributed by atoms with van der Waals surface area (Å²) in [5.41, 5.74) is 7.34. The molecular formula is C12H13N3O. The average molecular weight is 215 g/mol. The highest BCUT2D eigenvalue weighted by atomic mass is 16.5. The van der Waals surface area contributed by atoms with Gasteiger partial charge in [-0.1, -0.05) is 30.3 Å². The lowest BCUT2D eigenvalue weighted by atomic mass is 10.2. The lowest BCUT2D eigenvalue weighted by Gasteiger charge is -2.04. The fraction of sp³-hybridized carbons (Fsp3) is 0.167. The van der Waals surface area contributed by atoms with Crippen LogP contribution in [0.5, 0.6) is 6.01 Å². The summed E-state index contributed by atoms with van der Waals surface area (Å²) in [7, 11) is 0. The van der Waals surface area contributed by atoms with E-state index < -0.39 is 0 Å². The van der Waals surface area contributed by atoms with Gasteiger partial charge in [0.05, 0.1) is 5.69 Å². The number of benzene rings is 1. The van der Waals surface area contributed by atoms with Crippen molar-refractivity contribution >= 4 is 0 Å². The molecule has 82 valence electrons. The number of ether oxygens (including phenoxy) is 1. The summed E-state index contributed by atoms with van der Waals surface area (Å²) < 4.78 is 5.46.